The van der Waals surface area contributed by atoms with Crippen LogP contribution in [0.4, 0.5) is 5.69 Å². The first-order chi connectivity index (χ1) is 4.83. The van der Waals surface area contributed by atoms with Crippen LogP contribution >= 0.6 is 28.1 Å². The maximum atomic E-state index is 4.42. The number of aromatic nitrogens is 1. The van der Waals surface area contributed by atoms with Crippen LogP contribution in [0, 0.1) is 0 Å². The molecular weight excluding hydrogens is 212 g/mol. The topological polar surface area (TPSA) is 25.2 Å². The summed E-state index contributed by atoms with van der Waals surface area (Å²) in [7, 11) is 0. The van der Waals surface area contributed by atoms with E-state index in [0.29, 0.717) is 0 Å². The molecule has 10 heavy (non-hydrogen) atoms. The normalized spacial score (nSPS) is 8.50. The van der Waals surface area contributed by atoms with Crippen LogP contribution in [0.5, 0.6) is 0 Å². The van der Waals surface area contributed by atoms with Crippen LogP contribution < -0.4 is 0 Å². The first-order valence-electron chi connectivity index (χ1n) is 2.52. The second-order valence-corrected chi connectivity index (χ2v) is 2.53. The maximum absolute atomic E-state index is 4.42. The zero-order valence-corrected chi connectivity index (χ0v) is 7.32. The molecule has 0 spiro atoms. The molecule has 0 atom stereocenters. The lowest BCUT2D eigenvalue weighted by atomic mass is 10.4. The van der Waals surface area contributed by atoms with Crippen molar-refractivity contribution in [3.8, 4) is 0 Å². The van der Waals surface area contributed by atoms with Gasteiger partial charge in [-0.15, -0.1) is 0 Å². The highest BCUT2D eigenvalue weighted by Gasteiger charge is 1.88. The molecule has 0 N–H and O–H groups in total. The van der Waals surface area contributed by atoms with E-state index in [-0.39, 0.29) is 0 Å². The number of rotatable bonds is 1. The summed E-state index contributed by atoms with van der Waals surface area (Å²) in [4.78, 5) is 7.68. The zero-order chi connectivity index (χ0) is 7.40. The highest BCUT2D eigenvalue weighted by molar-refractivity contribution is 9.10. The third-order valence-corrected chi connectivity index (χ3v) is 1.41. The Kier molecular flexibility index (Phi) is 2.68. The Labute approximate surface area is 72.1 Å². The Hall–Kier alpha value is -0.570. The Morgan fingerprint density at radius 2 is 2.50 bits per heavy atom. The lowest BCUT2D eigenvalue weighted by Crippen LogP contribution is -1.70. The van der Waals surface area contributed by atoms with Crippen LogP contribution in [0.15, 0.2) is 27.9 Å². The molecule has 2 nitrogen and oxygen atoms in total. The molecule has 50 valence electrons. The van der Waals surface area contributed by atoms with Crippen molar-refractivity contribution >= 4 is 39.0 Å². The van der Waals surface area contributed by atoms with E-state index in [0.717, 1.165) is 10.3 Å². The summed E-state index contributed by atoms with van der Waals surface area (Å²) in [5.41, 5.74) is 0.761. The largest absolute Gasteiger partial charge is 0.249 e. The fraction of sp³-hybridized carbons (Fsp3) is 0. The molecule has 0 aliphatic heterocycles. The monoisotopic (exact) mass is 214 g/mol. The van der Waals surface area contributed by atoms with Gasteiger partial charge in [0.15, 0.2) is 0 Å². The van der Waals surface area contributed by atoms with E-state index in [1.54, 1.807) is 18.3 Å². The molecule has 0 aromatic carbocycles. The van der Waals surface area contributed by atoms with Gasteiger partial charge in [-0.25, -0.2) is 4.98 Å². The van der Waals surface area contributed by atoms with Gasteiger partial charge in [-0.3, -0.25) is 0 Å². The lowest BCUT2D eigenvalue weighted by Gasteiger charge is -1.88. The predicted octanol–water partition coefficient (Wildman–Crippen LogP) is 2.58. The predicted molar refractivity (Wildman–Crippen MR) is 46.6 cm³/mol. The molecule has 0 aliphatic rings. The van der Waals surface area contributed by atoms with Gasteiger partial charge < -0.3 is 0 Å². The molecule has 1 rings (SSSR count). The second-order valence-electron chi connectivity index (χ2n) is 1.54. The number of pyridine rings is 1. The molecule has 0 unspecified atom stereocenters. The van der Waals surface area contributed by atoms with Crippen LogP contribution in [0.25, 0.3) is 0 Å². The van der Waals surface area contributed by atoms with E-state index >= 15 is 0 Å². The average molecular weight is 215 g/mol. The van der Waals surface area contributed by atoms with E-state index in [2.05, 4.69) is 43.3 Å². The zero-order valence-electron chi connectivity index (χ0n) is 4.91. The molecule has 0 aliphatic carbocycles. The molecular formula is C6H3BrN2S. The van der Waals surface area contributed by atoms with Gasteiger partial charge in [-0.05, 0) is 40.3 Å². The number of hydrogen-bond acceptors (Lipinski definition) is 3. The molecule has 0 amide bonds. The summed E-state index contributed by atoms with van der Waals surface area (Å²) >= 11 is 7.62. The van der Waals surface area contributed by atoms with E-state index in [1.165, 1.54) is 0 Å². The molecule has 4 heteroatoms. The SMILES string of the molecule is S=C=Nc1ccnc(Br)c1. The molecule has 0 saturated carbocycles. The Bertz CT molecular complexity index is 281. The van der Waals surface area contributed by atoms with Gasteiger partial charge in [-0.2, -0.15) is 4.99 Å². The minimum absolute atomic E-state index is 0.749. The Balaban J connectivity index is 3.06. The van der Waals surface area contributed by atoms with Crippen molar-refractivity contribution in [3.05, 3.63) is 22.9 Å². The van der Waals surface area contributed by atoms with Gasteiger partial charge in [0.25, 0.3) is 0 Å². The van der Waals surface area contributed by atoms with Crippen molar-refractivity contribution in [1.82, 2.24) is 4.98 Å². The molecule has 1 heterocycles. The molecule has 0 fully saturated rings. The van der Waals surface area contributed by atoms with Crippen LogP contribution in [-0.2, 0) is 0 Å². The summed E-state index contributed by atoms with van der Waals surface area (Å²) < 4.78 is 0.749. The standard InChI is InChI=1S/C6H3BrN2S/c7-6-3-5(9-4-10)1-2-8-6/h1-3H. The molecule has 0 saturated heterocycles. The fourth-order valence-electron chi connectivity index (χ4n) is 0.514. The number of hydrogen-bond donors (Lipinski definition) is 0. The average Bonchev–Trinajstić information content (AvgIpc) is 1.88. The van der Waals surface area contributed by atoms with E-state index in [1.807, 2.05) is 0 Å². The van der Waals surface area contributed by atoms with E-state index < -0.39 is 0 Å². The number of aliphatic imine (C=N–C) groups is 1. The molecule has 1 aromatic heterocycles. The second kappa shape index (κ2) is 3.56. The third-order valence-electron chi connectivity index (χ3n) is 0.885. The van der Waals surface area contributed by atoms with Crippen molar-refractivity contribution in [2.45, 2.75) is 0 Å². The number of halogens is 1. The van der Waals surface area contributed by atoms with Gasteiger partial charge in [-0.1, -0.05) is 0 Å². The van der Waals surface area contributed by atoms with Gasteiger partial charge >= 0.3 is 0 Å². The molecule has 0 radical (unpaired) electrons. The number of isothiocyanates is 1. The van der Waals surface area contributed by atoms with Gasteiger partial charge in [0.1, 0.15) is 4.60 Å². The number of nitrogens with zero attached hydrogens (tertiary/aromatic N) is 2. The van der Waals surface area contributed by atoms with Gasteiger partial charge in [0.2, 0.25) is 0 Å². The van der Waals surface area contributed by atoms with Crippen molar-refractivity contribution in [2.75, 3.05) is 0 Å². The summed E-state index contributed by atoms with van der Waals surface area (Å²) in [5.74, 6) is 0. The van der Waals surface area contributed by atoms with Gasteiger partial charge in [0.05, 0.1) is 10.8 Å². The Morgan fingerprint density at radius 3 is 3.10 bits per heavy atom. The summed E-state index contributed by atoms with van der Waals surface area (Å²) in [6.07, 6.45) is 1.65. The first kappa shape index (κ1) is 7.54. The summed E-state index contributed by atoms with van der Waals surface area (Å²) in [6, 6.07) is 3.52. The minimum Gasteiger partial charge on any atom is -0.249 e. The van der Waals surface area contributed by atoms with Crippen molar-refractivity contribution in [1.29, 1.82) is 0 Å². The minimum atomic E-state index is 0.749. The molecule has 1 aromatic rings. The van der Waals surface area contributed by atoms with Crippen LogP contribution in [0.1, 0.15) is 0 Å². The molecule has 0 bridgehead atoms. The van der Waals surface area contributed by atoms with Crippen molar-refractivity contribution in [2.24, 2.45) is 4.99 Å². The quantitative estimate of drug-likeness (QED) is 0.408. The lowest BCUT2D eigenvalue weighted by molar-refractivity contribution is 1.27. The summed E-state index contributed by atoms with van der Waals surface area (Å²) in [5, 5.41) is 2.27. The summed E-state index contributed by atoms with van der Waals surface area (Å²) in [6.45, 7) is 0. The van der Waals surface area contributed by atoms with Crippen LogP contribution in [-0.4, -0.2) is 10.1 Å². The highest BCUT2D eigenvalue weighted by atomic mass is 79.9. The maximum Gasteiger partial charge on any atom is 0.108 e. The van der Waals surface area contributed by atoms with Crippen molar-refractivity contribution in [3.63, 3.8) is 0 Å². The fourth-order valence-corrected chi connectivity index (χ4v) is 0.973. The van der Waals surface area contributed by atoms with E-state index in [4.69, 9.17) is 0 Å². The first-order valence-corrected chi connectivity index (χ1v) is 3.72. The van der Waals surface area contributed by atoms with Crippen LogP contribution in [0.3, 0.4) is 0 Å². The highest BCUT2D eigenvalue weighted by Crippen LogP contribution is 2.14. The number of thiocarbonyl (C=S) groups is 1. The van der Waals surface area contributed by atoms with Crippen molar-refractivity contribution < 1.29 is 0 Å². The van der Waals surface area contributed by atoms with E-state index in [9.17, 15) is 0 Å². The third kappa shape index (κ3) is 1.99. The van der Waals surface area contributed by atoms with Gasteiger partial charge in [0, 0.05) is 6.20 Å². The smallest absolute Gasteiger partial charge is 0.108 e. The van der Waals surface area contributed by atoms with Crippen LogP contribution in [0.2, 0.25) is 0 Å². The Morgan fingerprint density at radius 1 is 1.70 bits per heavy atom.